The van der Waals surface area contributed by atoms with E-state index in [0.717, 1.165) is 5.56 Å². The average Bonchev–Trinajstić information content (AvgIpc) is 2.69. The van der Waals surface area contributed by atoms with Gasteiger partial charge in [0.1, 0.15) is 11.7 Å². The van der Waals surface area contributed by atoms with E-state index in [1.807, 2.05) is 26.8 Å². The number of pyridine rings is 1. The number of hydrogen-bond donors (Lipinski definition) is 2. The summed E-state index contributed by atoms with van der Waals surface area (Å²) in [7, 11) is 0. The zero-order valence-corrected chi connectivity index (χ0v) is 11.5. The predicted molar refractivity (Wildman–Crippen MR) is 69.9 cm³/mol. The van der Waals surface area contributed by atoms with Gasteiger partial charge in [0.2, 0.25) is 5.88 Å². The lowest BCUT2D eigenvalue weighted by Gasteiger charge is -2.20. The van der Waals surface area contributed by atoms with E-state index >= 15 is 0 Å². The molecule has 1 aromatic rings. The molecule has 1 fully saturated rings. The van der Waals surface area contributed by atoms with Crippen LogP contribution in [0.4, 0.5) is 0 Å². The highest BCUT2D eigenvalue weighted by Gasteiger charge is 2.34. The molecule has 2 heterocycles. The van der Waals surface area contributed by atoms with Crippen molar-refractivity contribution >= 4 is 0 Å². The Labute approximate surface area is 113 Å². The number of aromatic nitrogens is 1. The normalized spacial score (nSPS) is 27.5. The van der Waals surface area contributed by atoms with E-state index < -0.39 is 12.2 Å². The number of aliphatic hydroxyl groups excluding tert-OH is 2. The molecule has 0 aromatic carbocycles. The SMILES string of the molecule is CC(C)(C)Oc1ccc([C@H]2C[C@H](O)[C@@H](CO)O2)cn1. The molecule has 0 saturated carbocycles. The Kier molecular flexibility index (Phi) is 4.08. The first-order chi connectivity index (χ1) is 8.89. The number of aliphatic hydroxyl groups is 2. The first-order valence-corrected chi connectivity index (χ1v) is 6.48. The van der Waals surface area contributed by atoms with E-state index in [2.05, 4.69) is 4.98 Å². The van der Waals surface area contributed by atoms with Crippen molar-refractivity contribution in [3.63, 3.8) is 0 Å². The minimum Gasteiger partial charge on any atom is -0.472 e. The molecule has 5 nitrogen and oxygen atoms in total. The summed E-state index contributed by atoms with van der Waals surface area (Å²) >= 11 is 0. The second kappa shape index (κ2) is 5.45. The van der Waals surface area contributed by atoms with Crippen molar-refractivity contribution in [3.8, 4) is 5.88 Å². The maximum absolute atomic E-state index is 9.70. The molecule has 2 N–H and O–H groups in total. The Balaban J connectivity index is 2.03. The zero-order valence-electron chi connectivity index (χ0n) is 11.5. The van der Waals surface area contributed by atoms with E-state index in [4.69, 9.17) is 14.6 Å². The Morgan fingerprint density at radius 3 is 2.63 bits per heavy atom. The summed E-state index contributed by atoms with van der Waals surface area (Å²) in [4.78, 5) is 4.24. The van der Waals surface area contributed by atoms with Gasteiger partial charge in [0.05, 0.1) is 18.8 Å². The van der Waals surface area contributed by atoms with E-state index in [1.165, 1.54) is 0 Å². The monoisotopic (exact) mass is 267 g/mol. The molecule has 19 heavy (non-hydrogen) atoms. The number of rotatable bonds is 3. The molecule has 0 amide bonds. The fourth-order valence-corrected chi connectivity index (χ4v) is 2.06. The third-order valence-corrected chi connectivity index (χ3v) is 2.95. The molecular formula is C14H21NO4. The quantitative estimate of drug-likeness (QED) is 0.867. The lowest BCUT2D eigenvalue weighted by Crippen LogP contribution is -2.24. The van der Waals surface area contributed by atoms with Crippen LogP contribution in [0.3, 0.4) is 0 Å². The van der Waals surface area contributed by atoms with Gasteiger partial charge in [-0.1, -0.05) is 0 Å². The number of nitrogens with zero attached hydrogens (tertiary/aromatic N) is 1. The van der Waals surface area contributed by atoms with Gasteiger partial charge in [0.25, 0.3) is 0 Å². The number of hydrogen-bond acceptors (Lipinski definition) is 5. The molecule has 0 spiro atoms. The standard InChI is InChI=1S/C14H21NO4/c1-14(2,3)19-13-5-4-9(7-15-13)11-6-10(17)12(8-16)18-11/h4-5,7,10-12,16-17H,6,8H2,1-3H3/t10-,11+,12+/m0/s1. The van der Waals surface area contributed by atoms with Gasteiger partial charge in [-0.15, -0.1) is 0 Å². The fraction of sp³-hybridized carbons (Fsp3) is 0.643. The van der Waals surface area contributed by atoms with Gasteiger partial charge in [0.15, 0.2) is 0 Å². The lowest BCUT2D eigenvalue weighted by molar-refractivity contribution is -0.0226. The molecule has 0 aliphatic carbocycles. The summed E-state index contributed by atoms with van der Waals surface area (Å²) in [6.07, 6.45) is 0.823. The van der Waals surface area contributed by atoms with Crippen LogP contribution in [-0.4, -0.2) is 39.6 Å². The van der Waals surface area contributed by atoms with Gasteiger partial charge in [-0.2, -0.15) is 0 Å². The van der Waals surface area contributed by atoms with Gasteiger partial charge in [0, 0.05) is 18.7 Å². The van der Waals surface area contributed by atoms with E-state index in [9.17, 15) is 5.11 Å². The Morgan fingerprint density at radius 2 is 2.16 bits per heavy atom. The molecule has 1 aliphatic heterocycles. The molecule has 0 radical (unpaired) electrons. The topological polar surface area (TPSA) is 71.8 Å². The van der Waals surface area contributed by atoms with Gasteiger partial charge in [-0.05, 0) is 32.4 Å². The zero-order chi connectivity index (χ0) is 14.0. The minimum atomic E-state index is -0.625. The highest BCUT2D eigenvalue weighted by Crippen LogP contribution is 2.33. The molecule has 1 saturated heterocycles. The largest absolute Gasteiger partial charge is 0.472 e. The molecule has 5 heteroatoms. The molecule has 0 bridgehead atoms. The summed E-state index contributed by atoms with van der Waals surface area (Å²) in [5, 5.41) is 18.8. The third-order valence-electron chi connectivity index (χ3n) is 2.95. The van der Waals surface area contributed by atoms with Crippen molar-refractivity contribution < 1.29 is 19.7 Å². The third kappa shape index (κ3) is 3.65. The Bertz CT molecular complexity index is 412. The van der Waals surface area contributed by atoms with Crippen LogP contribution in [0.5, 0.6) is 5.88 Å². The van der Waals surface area contributed by atoms with E-state index in [-0.39, 0.29) is 18.3 Å². The second-order valence-electron chi connectivity index (χ2n) is 5.79. The van der Waals surface area contributed by atoms with Crippen molar-refractivity contribution in [2.75, 3.05) is 6.61 Å². The fourth-order valence-electron chi connectivity index (χ4n) is 2.06. The first-order valence-electron chi connectivity index (χ1n) is 6.48. The van der Waals surface area contributed by atoms with Crippen molar-refractivity contribution in [2.45, 2.75) is 51.1 Å². The van der Waals surface area contributed by atoms with Crippen LogP contribution in [0.2, 0.25) is 0 Å². The highest BCUT2D eigenvalue weighted by molar-refractivity contribution is 5.21. The molecule has 1 aromatic heterocycles. The van der Waals surface area contributed by atoms with Crippen molar-refractivity contribution in [3.05, 3.63) is 23.9 Å². The summed E-state index contributed by atoms with van der Waals surface area (Å²) in [5.74, 6) is 0.563. The summed E-state index contributed by atoms with van der Waals surface area (Å²) in [6, 6.07) is 3.67. The van der Waals surface area contributed by atoms with Crippen LogP contribution < -0.4 is 4.74 Å². The highest BCUT2D eigenvalue weighted by atomic mass is 16.5. The summed E-state index contributed by atoms with van der Waals surface area (Å²) in [5.41, 5.74) is 0.604. The van der Waals surface area contributed by atoms with E-state index in [1.54, 1.807) is 12.3 Å². The van der Waals surface area contributed by atoms with Crippen molar-refractivity contribution in [1.29, 1.82) is 0 Å². The van der Waals surface area contributed by atoms with Gasteiger partial charge in [-0.3, -0.25) is 0 Å². The number of ether oxygens (including phenoxy) is 2. The van der Waals surface area contributed by atoms with Gasteiger partial charge >= 0.3 is 0 Å². The lowest BCUT2D eigenvalue weighted by atomic mass is 10.1. The van der Waals surface area contributed by atoms with Gasteiger partial charge < -0.3 is 19.7 Å². The summed E-state index contributed by atoms with van der Waals surface area (Å²) in [6.45, 7) is 5.72. The van der Waals surface area contributed by atoms with Crippen LogP contribution in [0.1, 0.15) is 38.9 Å². The maximum atomic E-state index is 9.70. The van der Waals surface area contributed by atoms with Crippen LogP contribution in [0, 0.1) is 0 Å². The average molecular weight is 267 g/mol. The molecular weight excluding hydrogens is 246 g/mol. The van der Waals surface area contributed by atoms with Crippen LogP contribution >= 0.6 is 0 Å². The second-order valence-corrected chi connectivity index (χ2v) is 5.79. The predicted octanol–water partition coefficient (Wildman–Crippen LogP) is 1.44. The van der Waals surface area contributed by atoms with Gasteiger partial charge in [-0.25, -0.2) is 4.98 Å². The Hall–Kier alpha value is -1.17. The van der Waals surface area contributed by atoms with Crippen molar-refractivity contribution in [1.82, 2.24) is 4.98 Å². The van der Waals surface area contributed by atoms with Crippen LogP contribution in [0.25, 0.3) is 0 Å². The molecule has 2 rings (SSSR count). The van der Waals surface area contributed by atoms with Crippen LogP contribution in [0.15, 0.2) is 18.3 Å². The molecule has 106 valence electrons. The smallest absolute Gasteiger partial charge is 0.213 e. The molecule has 1 aliphatic rings. The first kappa shape index (κ1) is 14.2. The summed E-state index contributed by atoms with van der Waals surface area (Å²) < 4.78 is 11.2. The maximum Gasteiger partial charge on any atom is 0.213 e. The minimum absolute atomic E-state index is 0.170. The molecule has 3 atom stereocenters. The molecule has 0 unspecified atom stereocenters. The van der Waals surface area contributed by atoms with Crippen molar-refractivity contribution in [2.24, 2.45) is 0 Å². The van der Waals surface area contributed by atoms with E-state index in [0.29, 0.717) is 12.3 Å². The Morgan fingerprint density at radius 1 is 1.42 bits per heavy atom. The van der Waals surface area contributed by atoms with Crippen LogP contribution in [-0.2, 0) is 4.74 Å².